The zero-order valence-corrected chi connectivity index (χ0v) is 6.59. The maximum absolute atomic E-state index is 10.6. The zero-order valence-electron chi connectivity index (χ0n) is 6.59. The molecule has 1 fully saturated rings. The van der Waals surface area contributed by atoms with E-state index in [-0.39, 0.29) is 6.04 Å². The van der Waals surface area contributed by atoms with Gasteiger partial charge in [0.25, 0.3) is 0 Å². The number of rotatable bonds is 2. The van der Waals surface area contributed by atoms with Crippen LogP contribution in [0.1, 0.15) is 13.3 Å². The summed E-state index contributed by atoms with van der Waals surface area (Å²) < 4.78 is 0. The fraction of sp³-hybridized carbons (Fsp3) is 0.857. The van der Waals surface area contributed by atoms with Gasteiger partial charge in [0.1, 0.15) is 0 Å². The molecule has 3 heteroatoms. The molecule has 1 rings (SSSR count). The molecule has 3 nitrogen and oxygen atoms in total. The highest BCUT2D eigenvalue weighted by molar-refractivity contribution is 5.79. The highest BCUT2D eigenvalue weighted by atomic mass is 16.4. The van der Waals surface area contributed by atoms with E-state index in [1.54, 1.807) is 6.92 Å². The van der Waals surface area contributed by atoms with Crippen LogP contribution < -0.4 is 0 Å². The largest absolute Gasteiger partial charge is 0.481 e. The molecule has 0 aromatic rings. The third kappa shape index (κ3) is 0.904. The lowest BCUT2D eigenvalue weighted by atomic mass is 10.1. The minimum atomic E-state index is -0.675. The second-order valence-corrected chi connectivity index (χ2v) is 3.41. The highest BCUT2D eigenvalue weighted by Crippen LogP contribution is 2.48. The van der Waals surface area contributed by atoms with E-state index in [2.05, 4.69) is 0 Å². The fourth-order valence-electron chi connectivity index (χ4n) is 1.33. The van der Waals surface area contributed by atoms with Gasteiger partial charge >= 0.3 is 5.97 Å². The van der Waals surface area contributed by atoms with E-state index in [0.29, 0.717) is 0 Å². The first-order valence-corrected chi connectivity index (χ1v) is 3.38. The smallest absolute Gasteiger partial charge is 0.311 e. The maximum Gasteiger partial charge on any atom is 0.311 e. The summed E-state index contributed by atoms with van der Waals surface area (Å²) in [6.45, 7) is 1.79. The predicted molar refractivity (Wildman–Crippen MR) is 37.8 cm³/mol. The first kappa shape index (κ1) is 7.54. The topological polar surface area (TPSA) is 40.5 Å². The Kier molecular flexibility index (Phi) is 1.47. The summed E-state index contributed by atoms with van der Waals surface area (Å²) in [6.07, 6.45) is 0.787. The van der Waals surface area contributed by atoms with Gasteiger partial charge in [-0.05, 0) is 27.4 Å². The average molecular weight is 143 g/mol. The predicted octanol–water partition coefficient (Wildman–Crippen LogP) is 0.411. The Morgan fingerprint density at radius 1 is 1.70 bits per heavy atom. The summed E-state index contributed by atoms with van der Waals surface area (Å²) in [5, 5.41) is 8.71. The molecule has 10 heavy (non-hydrogen) atoms. The Morgan fingerprint density at radius 2 is 2.20 bits per heavy atom. The van der Waals surface area contributed by atoms with E-state index in [9.17, 15) is 4.79 Å². The first-order chi connectivity index (χ1) is 4.48. The van der Waals surface area contributed by atoms with Crippen molar-refractivity contribution in [2.75, 3.05) is 14.1 Å². The van der Waals surface area contributed by atoms with Crippen molar-refractivity contribution in [3.63, 3.8) is 0 Å². The van der Waals surface area contributed by atoms with Gasteiger partial charge < -0.3 is 10.0 Å². The van der Waals surface area contributed by atoms with Gasteiger partial charge in [-0.25, -0.2) is 0 Å². The van der Waals surface area contributed by atoms with Crippen molar-refractivity contribution in [1.29, 1.82) is 0 Å². The summed E-state index contributed by atoms with van der Waals surface area (Å²) in [4.78, 5) is 12.5. The molecule has 0 aromatic carbocycles. The molecule has 0 amide bonds. The second-order valence-electron chi connectivity index (χ2n) is 3.41. The minimum Gasteiger partial charge on any atom is -0.481 e. The normalized spacial score (nSPS) is 38.2. The van der Waals surface area contributed by atoms with E-state index in [1.807, 2.05) is 19.0 Å². The van der Waals surface area contributed by atoms with Crippen LogP contribution in [0.4, 0.5) is 0 Å². The summed E-state index contributed by atoms with van der Waals surface area (Å²) in [7, 11) is 3.83. The third-order valence-corrected chi connectivity index (χ3v) is 2.30. The van der Waals surface area contributed by atoms with Crippen LogP contribution in [0, 0.1) is 5.41 Å². The minimum absolute atomic E-state index is 0.241. The van der Waals surface area contributed by atoms with Gasteiger partial charge in [-0.15, -0.1) is 0 Å². The van der Waals surface area contributed by atoms with Gasteiger partial charge in [0.2, 0.25) is 0 Å². The zero-order chi connectivity index (χ0) is 7.94. The highest BCUT2D eigenvalue weighted by Gasteiger charge is 2.57. The van der Waals surface area contributed by atoms with Crippen LogP contribution in [-0.2, 0) is 4.79 Å². The quantitative estimate of drug-likeness (QED) is 0.608. The first-order valence-electron chi connectivity index (χ1n) is 3.38. The Morgan fingerprint density at radius 3 is 2.30 bits per heavy atom. The van der Waals surface area contributed by atoms with Crippen LogP contribution >= 0.6 is 0 Å². The molecule has 0 aromatic heterocycles. The summed E-state index contributed by atoms with van der Waals surface area (Å²) in [6, 6.07) is 0.241. The monoisotopic (exact) mass is 143 g/mol. The molecule has 0 spiro atoms. The van der Waals surface area contributed by atoms with Gasteiger partial charge in [-0.1, -0.05) is 0 Å². The maximum atomic E-state index is 10.6. The van der Waals surface area contributed by atoms with Crippen molar-refractivity contribution in [2.45, 2.75) is 19.4 Å². The molecule has 58 valence electrons. The molecule has 1 N–H and O–H groups in total. The lowest BCUT2D eigenvalue weighted by Gasteiger charge is -2.11. The average Bonchev–Trinajstić information content (AvgIpc) is 2.43. The molecular weight excluding hydrogens is 130 g/mol. The molecule has 0 radical (unpaired) electrons. The van der Waals surface area contributed by atoms with Crippen molar-refractivity contribution < 1.29 is 9.90 Å². The number of carboxylic acids is 1. The van der Waals surface area contributed by atoms with Crippen LogP contribution in [0.5, 0.6) is 0 Å². The van der Waals surface area contributed by atoms with Crippen molar-refractivity contribution in [3.8, 4) is 0 Å². The van der Waals surface area contributed by atoms with E-state index in [1.165, 1.54) is 0 Å². The third-order valence-electron chi connectivity index (χ3n) is 2.30. The number of nitrogens with zero attached hydrogens (tertiary/aromatic N) is 1. The molecular formula is C7H13NO2. The molecule has 2 atom stereocenters. The Labute approximate surface area is 60.6 Å². The molecule has 1 aliphatic carbocycles. The standard InChI is InChI=1S/C7H13NO2/c1-7(6(9)10)4-5(7)8(2)3/h5H,4H2,1-3H3,(H,9,10). The molecule has 0 aliphatic heterocycles. The number of carbonyl (C=O) groups is 1. The van der Waals surface area contributed by atoms with Gasteiger partial charge in [0.15, 0.2) is 0 Å². The van der Waals surface area contributed by atoms with E-state index in [4.69, 9.17) is 5.11 Å². The summed E-state index contributed by atoms with van der Waals surface area (Å²) in [5.41, 5.74) is -0.469. The molecule has 0 bridgehead atoms. The molecule has 0 saturated heterocycles. The molecule has 2 unspecified atom stereocenters. The molecule has 1 aliphatic rings. The van der Waals surface area contributed by atoms with E-state index >= 15 is 0 Å². The van der Waals surface area contributed by atoms with Crippen LogP contribution in [-0.4, -0.2) is 36.1 Å². The van der Waals surface area contributed by atoms with Gasteiger partial charge in [-0.2, -0.15) is 0 Å². The lowest BCUT2D eigenvalue weighted by Crippen LogP contribution is -2.25. The Balaban J connectivity index is 2.56. The second kappa shape index (κ2) is 1.95. The van der Waals surface area contributed by atoms with Crippen molar-refractivity contribution >= 4 is 5.97 Å². The summed E-state index contributed by atoms with van der Waals surface area (Å²) in [5.74, 6) is -0.675. The van der Waals surface area contributed by atoms with Crippen LogP contribution in [0.25, 0.3) is 0 Å². The number of aliphatic carboxylic acids is 1. The molecule has 1 saturated carbocycles. The number of hydrogen-bond acceptors (Lipinski definition) is 2. The van der Waals surface area contributed by atoms with Gasteiger partial charge in [0.05, 0.1) is 5.41 Å². The number of hydrogen-bond donors (Lipinski definition) is 1. The number of carboxylic acid groups (broad SMARTS) is 1. The Hall–Kier alpha value is -0.570. The SMILES string of the molecule is CN(C)C1CC1(C)C(=O)O. The van der Waals surface area contributed by atoms with Gasteiger partial charge in [-0.3, -0.25) is 4.79 Å². The summed E-state index contributed by atoms with van der Waals surface area (Å²) >= 11 is 0. The molecule has 0 heterocycles. The fourth-order valence-corrected chi connectivity index (χ4v) is 1.33. The van der Waals surface area contributed by atoms with E-state index < -0.39 is 11.4 Å². The lowest BCUT2D eigenvalue weighted by molar-refractivity contribution is -0.143. The van der Waals surface area contributed by atoms with Crippen LogP contribution in [0.2, 0.25) is 0 Å². The van der Waals surface area contributed by atoms with Crippen molar-refractivity contribution in [2.24, 2.45) is 5.41 Å². The van der Waals surface area contributed by atoms with Crippen LogP contribution in [0.3, 0.4) is 0 Å². The van der Waals surface area contributed by atoms with E-state index in [0.717, 1.165) is 6.42 Å². The Bertz CT molecular complexity index is 167. The van der Waals surface area contributed by atoms with Crippen molar-refractivity contribution in [1.82, 2.24) is 4.90 Å². The van der Waals surface area contributed by atoms with Gasteiger partial charge in [0, 0.05) is 6.04 Å². The van der Waals surface area contributed by atoms with Crippen molar-refractivity contribution in [3.05, 3.63) is 0 Å². The van der Waals surface area contributed by atoms with Crippen LogP contribution in [0.15, 0.2) is 0 Å².